The summed E-state index contributed by atoms with van der Waals surface area (Å²) in [5.41, 5.74) is 0.238. The van der Waals surface area contributed by atoms with Crippen LogP contribution in [0, 0.1) is 11.3 Å². The lowest BCUT2D eigenvalue weighted by Gasteiger charge is -2.26. The molecule has 2 aliphatic heterocycles. The highest BCUT2D eigenvalue weighted by Gasteiger charge is 2.61. The van der Waals surface area contributed by atoms with E-state index in [4.69, 9.17) is 9.47 Å². The Kier molecular flexibility index (Phi) is 4.77. The third kappa shape index (κ3) is 3.45. The molecule has 0 radical (unpaired) electrons. The minimum absolute atomic E-state index is 0.0499. The van der Waals surface area contributed by atoms with Crippen LogP contribution in [-0.2, 0) is 20.9 Å². The van der Waals surface area contributed by atoms with E-state index < -0.39 is 35.9 Å². The first-order chi connectivity index (χ1) is 13.3. The predicted molar refractivity (Wildman–Crippen MR) is 95.7 cm³/mol. The number of rotatable bonds is 5. The second-order valence-electron chi connectivity index (χ2n) is 8.07. The number of likely N-dealkylation sites (tertiary alicyclic amines) is 2. The van der Waals surface area contributed by atoms with Crippen molar-refractivity contribution in [3.8, 4) is 0 Å². The molecule has 1 aromatic rings. The number of amides is 1. The van der Waals surface area contributed by atoms with Gasteiger partial charge in [-0.1, -0.05) is 30.3 Å². The largest absolute Gasteiger partial charge is 0.469 e. The van der Waals surface area contributed by atoms with Crippen molar-refractivity contribution in [3.05, 3.63) is 35.9 Å². The number of alkyl halides is 2. The van der Waals surface area contributed by atoms with Gasteiger partial charge in [-0.05, 0) is 18.4 Å². The van der Waals surface area contributed by atoms with Gasteiger partial charge in [0.25, 0.3) is 5.92 Å². The SMILES string of the molecule is COC(=O)C1(CN2C[C@@H]3[C@H](C2)N(C(=O)OCc2ccccc2)CC3(F)F)CC1. The maximum Gasteiger partial charge on any atom is 0.410 e. The van der Waals surface area contributed by atoms with Crippen molar-refractivity contribution in [2.45, 2.75) is 31.4 Å². The Morgan fingerprint density at radius 3 is 2.54 bits per heavy atom. The Bertz CT molecular complexity index is 754. The van der Waals surface area contributed by atoms with E-state index in [2.05, 4.69) is 0 Å². The van der Waals surface area contributed by atoms with Crippen LogP contribution in [0.3, 0.4) is 0 Å². The molecule has 28 heavy (non-hydrogen) atoms. The van der Waals surface area contributed by atoms with E-state index in [9.17, 15) is 18.4 Å². The molecule has 1 aliphatic carbocycles. The third-order valence-corrected chi connectivity index (χ3v) is 6.13. The molecule has 0 spiro atoms. The highest BCUT2D eigenvalue weighted by Crippen LogP contribution is 2.49. The lowest BCUT2D eigenvalue weighted by Crippen LogP contribution is -2.42. The monoisotopic (exact) mass is 394 g/mol. The second kappa shape index (κ2) is 6.99. The fraction of sp³-hybridized carbons (Fsp3) is 0.600. The zero-order valence-electron chi connectivity index (χ0n) is 15.8. The summed E-state index contributed by atoms with van der Waals surface area (Å²) >= 11 is 0. The number of carbonyl (C=O) groups is 2. The Balaban J connectivity index is 1.40. The first-order valence-corrected chi connectivity index (χ1v) is 9.51. The number of methoxy groups -OCH3 is 1. The van der Waals surface area contributed by atoms with Crippen LogP contribution < -0.4 is 0 Å². The molecule has 0 unspecified atom stereocenters. The topological polar surface area (TPSA) is 59.1 Å². The van der Waals surface area contributed by atoms with Crippen LogP contribution in [0.4, 0.5) is 13.6 Å². The number of esters is 1. The molecule has 6 nitrogen and oxygen atoms in total. The molecule has 0 aromatic heterocycles. The first-order valence-electron chi connectivity index (χ1n) is 9.51. The van der Waals surface area contributed by atoms with Gasteiger partial charge in [-0.3, -0.25) is 14.6 Å². The Labute approximate surface area is 162 Å². The average molecular weight is 394 g/mol. The first kappa shape index (κ1) is 19.1. The molecule has 2 atom stereocenters. The van der Waals surface area contributed by atoms with Gasteiger partial charge in [0.15, 0.2) is 0 Å². The number of hydrogen-bond donors (Lipinski definition) is 0. The van der Waals surface area contributed by atoms with E-state index in [1.54, 1.807) is 0 Å². The Morgan fingerprint density at radius 2 is 1.89 bits per heavy atom. The molecule has 3 aliphatic rings. The lowest BCUT2D eigenvalue weighted by molar-refractivity contribution is -0.147. The van der Waals surface area contributed by atoms with Crippen molar-refractivity contribution >= 4 is 12.1 Å². The minimum atomic E-state index is -2.97. The van der Waals surface area contributed by atoms with Crippen molar-refractivity contribution in [1.29, 1.82) is 0 Å². The number of fused-ring (bicyclic) bond motifs is 1. The van der Waals surface area contributed by atoms with Gasteiger partial charge in [-0.2, -0.15) is 0 Å². The van der Waals surface area contributed by atoms with Crippen LogP contribution in [0.5, 0.6) is 0 Å². The molecule has 0 bridgehead atoms. The van der Waals surface area contributed by atoms with Gasteiger partial charge in [-0.25, -0.2) is 13.6 Å². The van der Waals surface area contributed by atoms with Crippen LogP contribution >= 0.6 is 0 Å². The smallest absolute Gasteiger partial charge is 0.410 e. The molecule has 4 rings (SSSR count). The van der Waals surface area contributed by atoms with Gasteiger partial charge in [0.2, 0.25) is 0 Å². The van der Waals surface area contributed by atoms with E-state index in [0.717, 1.165) is 10.5 Å². The number of carbonyl (C=O) groups excluding carboxylic acids is 2. The summed E-state index contributed by atoms with van der Waals surface area (Å²) in [7, 11) is 1.35. The van der Waals surface area contributed by atoms with Crippen LogP contribution in [0.2, 0.25) is 0 Å². The van der Waals surface area contributed by atoms with Gasteiger partial charge in [0.05, 0.1) is 31.0 Å². The van der Waals surface area contributed by atoms with Gasteiger partial charge in [-0.15, -0.1) is 0 Å². The van der Waals surface area contributed by atoms with Gasteiger partial charge >= 0.3 is 12.1 Å². The summed E-state index contributed by atoms with van der Waals surface area (Å²) in [6, 6.07) is 8.53. The second-order valence-corrected chi connectivity index (χ2v) is 8.07. The average Bonchev–Trinajstić information content (AvgIpc) is 3.27. The van der Waals surface area contributed by atoms with E-state index in [1.165, 1.54) is 7.11 Å². The lowest BCUT2D eigenvalue weighted by atomic mass is 10.0. The third-order valence-electron chi connectivity index (χ3n) is 6.13. The normalized spacial score (nSPS) is 27.3. The number of ether oxygens (including phenoxy) is 2. The van der Waals surface area contributed by atoms with E-state index >= 15 is 0 Å². The Morgan fingerprint density at radius 1 is 1.18 bits per heavy atom. The van der Waals surface area contributed by atoms with E-state index in [0.29, 0.717) is 25.9 Å². The summed E-state index contributed by atoms with van der Waals surface area (Å²) < 4.78 is 39.2. The molecular formula is C20H24F2N2O4. The van der Waals surface area contributed by atoms with Crippen LogP contribution in [-0.4, -0.2) is 67.1 Å². The number of hydrogen-bond acceptors (Lipinski definition) is 5. The molecule has 2 saturated heterocycles. The summed E-state index contributed by atoms with van der Waals surface area (Å²) in [4.78, 5) is 27.5. The molecule has 1 saturated carbocycles. The fourth-order valence-corrected chi connectivity index (χ4v) is 4.41. The van der Waals surface area contributed by atoms with Crippen molar-refractivity contribution in [1.82, 2.24) is 9.80 Å². The summed E-state index contributed by atoms with van der Waals surface area (Å²) in [5.74, 6) is -4.19. The van der Waals surface area contributed by atoms with Crippen LogP contribution in [0.25, 0.3) is 0 Å². The van der Waals surface area contributed by atoms with Crippen molar-refractivity contribution < 1.29 is 27.8 Å². The van der Waals surface area contributed by atoms with E-state index in [1.807, 2.05) is 35.2 Å². The highest BCUT2D eigenvalue weighted by molar-refractivity contribution is 5.80. The van der Waals surface area contributed by atoms with Crippen molar-refractivity contribution in [3.63, 3.8) is 0 Å². The molecule has 152 valence electrons. The quantitative estimate of drug-likeness (QED) is 0.719. The van der Waals surface area contributed by atoms with Crippen molar-refractivity contribution in [2.75, 3.05) is 33.3 Å². The molecule has 0 N–H and O–H groups in total. The molecule has 3 fully saturated rings. The van der Waals surface area contributed by atoms with Crippen LogP contribution in [0.15, 0.2) is 30.3 Å². The highest BCUT2D eigenvalue weighted by atomic mass is 19.3. The molecule has 1 aromatic carbocycles. The fourth-order valence-electron chi connectivity index (χ4n) is 4.41. The zero-order valence-corrected chi connectivity index (χ0v) is 15.8. The summed E-state index contributed by atoms with van der Waals surface area (Å²) in [6.45, 7) is 0.314. The summed E-state index contributed by atoms with van der Waals surface area (Å²) in [5, 5.41) is 0. The van der Waals surface area contributed by atoms with Crippen molar-refractivity contribution in [2.24, 2.45) is 11.3 Å². The van der Waals surface area contributed by atoms with Gasteiger partial charge in [0.1, 0.15) is 6.61 Å². The van der Waals surface area contributed by atoms with E-state index in [-0.39, 0.29) is 19.1 Å². The predicted octanol–water partition coefficient (Wildman–Crippen LogP) is 2.53. The molecule has 2 heterocycles. The molecular weight excluding hydrogens is 370 g/mol. The molecule has 8 heteroatoms. The van der Waals surface area contributed by atoms with Gasteiger partial charge < -0.3 is 9.47 Å². The molecule has 1 amide bonds. The number of halogens is 2. The maximum atomic E-state index is 14.6. The standard InChI is InChI=1S/C20H24F2N2O4/c1-27-17(25)19(7-8-19)12-23-9-15-16(10-23)24(13-20(15,21)22)18(26)28-11-14-5-3-2-4-6-14/h2-6,15-16H,7-13H2,1H3/t15-,16+/m1/s1. The zero-order chi connectivity index (χ0) is 19.9. The number of benzene rings is 1. The number of nitrogens with zero attached hydrogens (tertiary/aromatic N) is 2. The minimum Gasteiger partial charge on any atom is -0.469 e. The maximum absolute atomic E-state index is 14.6. The van der Waals surface area contributed by atoms with Crippen LogP contribution in [0.1, 0.15) is 18.4 Å². The van der Waals surface area contributed by atoms with Gasteiger partial charge in [0, 0.05) is 19.6 Å². The summed E-state index contributed by atoms with van der Waals surface area (Å²) in [6.07, 6.45) is 0.710. The Hall–Kier alpha value is -2.22.